The van der Waals surface area contributed by atoms with Crippen molar-refractivity contribution >= 4 is 5.91 Å². The van der Waals surface area contributed by atoms with Crippen LogP contribution < -0.4 is 5.32 Å². The van der Waals surface area contributed by atoms with Gasteiger partial charge in [0.1, 0.15) is 0 Å². The van der Waals surface area contributed by atoms with Gasteiger partial charge in [-0.3, -0.25) is 4.79 Å². The number of amides is 1. The van der Waals surface area contributed by atoms with Crippen LogP contribution in [0.25, 0.3) is 0 Å². The van der Waals surface area contributed by atoms with Gasteiger partial charge in [-0.15, -0.1) is 0 Å². The number of halogens is 3. The van der Waals surface area contributed by atoms with Gasteiger partial charge in [0.25, 0.3) is 0 Å². The highest BCUT2D eigenvalue weighted by Crippen LogP contribution is 2.30. The second kappa shape index (κ2) is 5.03. The molecule has 0 spiro atoms. The third-order valence-corrected chi connectivity index (χ3v) is 3.09. The van der Waals surface area contributed by atoms with Crippen LogP contribution in [-0.2, 0) is 4.79 Å². The van der Waals surface area contributed by atoms with Crippen LogP contribution in [0.2, 0.25) is 0 Å². The van der Waals surface area contributed by atoms with Crippen molar-refractivity contribution in [3.63, 3.8) is 0 Å². The maximum absolute atomic E-state index is 12.3. The standard InChI is InChI=1S/C10H17F3N2O/c1-14-9(16)7-3-4-15(2)8(5-7)6-10(11,12)13/h7-8H,3-6H2,1-2H3,(H,14,16). The van der Waals surface area contributed by atoms with Crippen LogP contribution in [0.15, 0.2) is 0 Å². The fourth-order valence-electron chi connectivity index (χ4n) is 2.12. The monoisotopic (exact) mass is 238 g/mol. The lowest BCUT2D eigenvalue weighted by molar-refractivity contribution is -0.152. The molecule has 1 rings (SSSR count). The van der Waals surface area contributed by atoms with E-state index >= 15 is 0 Å². The largest absolute Gasteiger partial charge is 0.390 e. The molecule has 1 amide bonds. The lowest BCUT2D eigenvalue weighted by Gasteiger charge is -2.36. The smallest absolute Gasteiger partial charge is 0.359 e. The minimum atomic E-state index is -4.16. The predicted molar refractivity (Wildman–Crippen MR) is 53.9 cm³/mol. The zero-order valence-electron chi connectivity index (χ0n) is 9.47. The van der Waals surface area contributed by atoms with Crippen LogP contribution in [0.1, 0.15) is 19.3 Å². The number of carbonyl (C=O) groups is 1. The van der Waals surface area contributed by atoms with Gasteiger partial charge < -0.3 is 10.2 Å². The Labute approximate surface area is 93.0 Å². The first-order valence-corrected chi connectivity index (χ1v) is 5.32. The van der Waals surface area contributed by atoms with E-state index in [1.807, 2.05) is 0 Å². The summed E-state index contributed by atoms with van der Waals surface area (Å²) in [7, 11) is 3.19. The first-order chi connectivity index (χ1) is 7.33. The van der Waals surface area contributed by atoms with Crippen LogP contribution in [0, 0.1) is 5.92 Å². The number of hydrogen-bond donors (Lipinski definition) is 1. The molecule has 1 aliphatic rings. The van der Waals surface area contributed by atoms with Gasteiger partial charge in [0.2, 0.25) is 5.91 Å². The first-order valence-electron chi connectivity index (χ1n) is 5.32. The average Bonchev–Trinajstić information content (AvgIpc) is 2.18. The van der Waals surface area contributed by atoms with E-state index in [1.54, 1.807) is 11.9 Å². The highest BCUT2D eigenvalue weighted by Gasteiger charge is 2.38. The van der Waals surface area contributed by atoms with Crippen molar-refractivity contribution in [2.45, 2.75) is 31.5 Å². The highest BCUT2D eigenvalue weighted by atomic mass is 19.4. The van der Waals surface area contributed by atoms with Gasteiger partial charge in [0, 0.05) is 19.0 Å². The van der Waals surface area contributed by atoms with E-state index in [-0.39, 0.29) is 18.2 Å². The van der Waals surface area contributed by atoms with Crippen molar-refractivity contribution in [1.29, 1.82) is 0 Å². The lowest BCUT2D eigenvalue weighted by atomic mass is 9.89. The quantitative estimate of drug-likeness (QED) is 0.788. The Balaban J connectivity index is 2.58. The third-order valence-electron chi connectivity index (χ3n) is 3.09. The summed E-state index contributed by atoms with van der Waals surface area (Å²) in [6, 6.07) is -0.573. The molecule has 3 nitrogen and oxygen atoms in total. The van der Waals surface area contributed by atoms with Crippen LogP contribution in [0.5, 0.6) is 0 Å². The van der Waals surface area contributed by atoms with Crippen LogP contribution in [0.4, 0.5) is 13.2 Å². The first kappa shape index (κ1) is 13.3. The van der Waals surface area contributed by atoms with Crippen molar-refractivity contribution in [2.24, 2.45) is 5.92 Å². The minimum absolute atomic E-state index is 0.153. The molecule has 0 aromatic rings. The molecule has 0 radical (unpaired) electrons. The zero-order valence-corrected chi connectivity index (χ0v) is 9.47. The molecule has 1 fully saturated rings. The molecule has 1 N–H and O–H groups in total. The molecule has 1 aliphatic heterocycles. The third kappa shape index (κ3) is 3.66. The summed E-state index contributed by atoms with van der Waals surface area (Å²) in [6.07, 6.45) is -4.08. The number of nitrogens with one attached hydrogen (secondary N) is 1. The maximum Gasteiger partial charge on any atom is 0.390 e. The van der Waals surface area contributed by atoms with Gasteiger partial charge in [-0.25, -0.2) is 0 Å². The molecule has 0 saturated carbocycles. The molecule has 6 heteroatoms. The summed E-state index contributed by atoms with van der Waals surface area (Å²) < 4.78 is 36.9. The van der Waals surface area contributed by atoms with E-state index < -0.39 is 18.6 Å². The second-order valence-electron chi connectivity index (χ2n) is 4.29. The zero-order chi connectivity index (χ0) is 12.3. The Morgan fingerprint density at radius 2 is 2.12 bits per heavy atom. The molecular formula is C10H17F3N2O. The molecule has 1 saturated heterocycles. The summed E-state index contributed by atoms with van der Waals surface area (Å²) in [6.45, 7) is 0.541. The maximum atomic E-state index is 12.3. The lowest BCUT2D eigenvalue weighted by Crippen LogP contribution is -2.45. The topological polar surface area (TPSA) is 32.3 Å². The van der Waals surface area contributed by atoms with E-state index in [0.717, 1.165) is 0 Å². The number of hydrogen-bond acceptors (Lipinski definition) is 2. The number of alkyl halides is 3. The van der Waals surface area contributed by atoms with Crippen molar-refractivity contribution in [3.05, 3.63) is 0 Å². The Morgan fingerprint density at radius 1 is 1.50 bits per heavy atom. The summed E-state index contributed by atoms with van der Waals surface area (Å²) in [5.74, 6) is -0.436. The molecule has 2 atom stereocenters. The van der Waals surface area contributed by atoms with E-state index in [0.29, 0.717) is 13.0 Å². The van der Waals surface area contributed by atoms with E-state index in [2.05, 4.69) is 5.32 Å². The van der Waals surface area contributed by atoms with Crippen molar-refractivity contribution in [2.75, 3.05) is 20.6 Å². The molecule has 0 bridgehead atoms. The Kier molecular flexibility index (Phi) is 4.18. The number of nitrogens with zero attached hydrogens (tertiary/aromatic N) is 1. The number of rotatable bonds is 2. The van der Waals surface area contributed by atoms with Gasteiger partial charge >= 0.3 is 6.18 Å². The summed E-state index contributed by atoms with van der Waals surface area (Å²) in [4.78, 5) is 13.1. The van der Waals surface area contributed by atoms with E-state index in [4.69, 9.17) is 0 Å². The van der Waals surface area contributed by atoms with E-state index in [9.17, 15) is 18.0 Å². The predicted octanol–water partition coefficient (Wildman–Crippen LogP) is 1.40. The van der Waals surface area contributed by atoms with Crippen LogP contribution in [-0.4, -0.2) is 43.7 Å². The molecule has 16 heavy (non-hydrogen) atoms. The fraction of sp³-hybridized carbons (Fsp3) is 0.900. The molecule has 0 aromatic carbocycles. The van der Waals surface area contributed by atoms with Crippen molar-refractivity contribution in [1.82, 2.24) is 10.2 Å². The van der Waals surface area contributed by atoms with Gasteiger partial charge in [-0.05, 0) is 26.4 Å². The molecule has 94 valence electrons. The fourth-order valence-corrected chi connectivity index (χ4v) is 2.12. The minimum Gasteiger partial charge on any atom is -0.359 e. The van der Waals surface area contributed by atoms with Crippen molar-refractivity contribution < 1.29 is 18.0 Å². The van der Waals surface area contributed by atoms with Gasteiger partial charge in [-0.2, -0.15) is 13.2 Å². The summed E-state index contributed by atoms with van der Waals surface area (Å²) in [5.41, 5.74) is 0. The van der Waals surface area contributed by atoms with Gasteiger partial charge in [-0.1, -0.05) is 0 Å². The summed E-state index contributed by atoms with van der Waals surface area (Å²) in [5, 5.41) is 2.49. The highest BCUT2D eigenvalue weighted by molar-refractivity contribution is 5.78. The number of carbonyl (C=O) groups excluding carboxylic acids is 1. The molecule has 0 aliphatic carbocycles. The Bertz CT molecular complexity index is 255. The molecule has 0 aromatic heterocycles. The molecule has 2 unspecified atom stereocenters. The van der Waals surface area contributed by atoms with Gasteiger partial charge in [0.15, 0.2) is 0 Å². The molecular weight excluding hydrogens is 221 g/mol. The van der Waals surface area contributed by atoms with Crippen LogP contribution >= 0.6 is 0 Å². The summed E-state index contributed by atoms with van der Waals surface area (Å²) >= 11 is 0. The van der Waals surface area contributed by atoms with E-state index in [1.165, 1.54) is 7.05 Å². The van der Waals surface area contributed by atoms with Crippen molar-refractivity contribution in [3.8, 4) is 0 Å². The molecule has 1 heterocycles. The normalized spacial score (nSPS) is 27.8. The second-order valence-corrected chi connectivity index (χ2v) is 4.29. The Morgan fingerprint density at radius 3 is 2.62 bits per heavy atom. The van der Waals surface area contributed by atoms with Gasteiger partial charge in [0.05, 0.1) is 6.42 Å². The average molecular weight is 238 g/mol. The van der Waals surface area contributed by atoms with Crippen LogP contribution in [0.3, 0.4) is 0 Å². The number of piperidine rings is 1. The Hall–Kier alpha value is -0.780. The number of likely N-dealkylation sites (tertiary alicyclic amines) is 1. The SMILES string of the molecule is CNC(=O)C1CCN(C)C(CC(F)(F)F)C1.